The van der Waals surface area contributed by atoms with Crippen molar-refractivity contribution in [3.05, 3.63) is 61.8 Å². The molecule has 2 N–H and O–H groups in total. The third-order valence-electron chi connectivity index (χ3n) is 5.09. The van der Waals surface area contributed by atoms with Crippen molar-refractivity contribution in [2.75, 3.05) is 13.1 Å². The fourth-order valence-electron chi connectivity index (χ4n) is 3.75. The Morgan fingerprint density at radius 1 is 1.21 bits per heavy atom. The van der Waals surface area contributed by atoms with E-state index in [2.05, 4.69) is 5.32 Å². The van der Waals surface area contributed by atoms with Crippen LogP contribution in [0.2, 0.25) is 5.02 Å². The van der Waals surface area contributed by atoms with Crippen molar-refractivity contribution < 1.29 is 19.1 Å². The summed E-state index contributed by atoms with van der Waals surface area (Å²) in [5.41, 5.74) is 0.272. The summed E-state index contributed by atoms with van der Waals surface area (Å²) in [4.78, 5) is 39.5. The lowest BCUT2D eigenvalue weighted by molar-refractivity contribution is 0.0721. The molecule has 2 amide bonds. The van der Waals surface area contributed by atoms with Crippen LogP contribution in [0.5, 0.6) is 5.75 Å². The second kappa shape index (κ2) is 6.94. The molecule has 0 radical (unpaired) electrons. The molecular weight excluding hydrogens is 389 g/mol. The van der Waals surface area contributed by atoms with E-state index in [-0.39, 0.29) is 22.8 Å². The zero-order chi connectivity index (χ0) is 20.0. The molecule has 2 aromatic rings. The minimum absolute atomic E-state index is 0.0505. The number of nitrogens with zero attached hydrogens (tertiary/aromatic N) is 2. The van der Waals surface area contributed by atoms with Gasteiger partial charge in [-0.05, 0) is 30.5 Å². The Morgan fingerprint density at radius 2 is 2.00 bits per heavy atom. The SMILES string of the molecule is O=C1NCCCn2c1c1c(c(O)c2=O)C(=O)N(Cc2ccc(F)c(Cl)c2)CC1. The van der Waals surface area contributed by atoms with Crippen LogP contribution in [0.1, 0.15) is 38.4 Å². The summed E-state index contributed by atoms with van der Waals surface area (Å²) < 4.78 is 14.6. The number of nitrogens with one attached hydrogen (secondary N) is 1. The summed E-state index contributed by atoms with van der Waals surface area (Å²) in [6, 6.07) is 4.16. The lowest BCUT2D eigenvalue weighted by atomic mass is 9.95. The van der Waals surface area contributed by atoms with Gasteiger partial charge in [-0.25, -0.2) is 4.39 Å². The van der Waals surface area contributed by atoms with Crippen LogP contribution in [0.3, 0.4) is 0 Å². The van der Waals surface area contributed by atoms with Crippen molar-refractivity contribution in [1.82, 2.24) is 14.8 Å². The Morgan fingerprint density at radius 3 is 2.75 bits per heavy atom. The average Bonchev–Trinajstić information content (AvgIpc) is 2.86. The number of amides is 2. The van der Waals surface area contributed by atoms with Gasteiger partial charge in [0.1, 0.15) is 11.5 Å². The number of hydrogen-bond donors (Lipinski definition) is 2. The zero-order valence-corrected chi connectivity index (χ0v) is 15.6. The first-order valence-corrected chi connectivity index (χ1v) is 9.26. The molecular formula is C19H17ClFN3O4. The highest BCUT2D eigenvalue weighted by molar-refractivity contribution is 6.30. The molecule has 0 aliphatic carbocycles. The first kappa shape index (κ1) is 18.5. The molecule has 7 nitrogen and oxygen atoms in total. The van der Waals surface area contributed by atoms with Crippen molar-refractivity contribution in [2.45, 2.75) is 25.9 Å². The van der Waals surface area contributed by atoms with E-state index in [1.54, 1.807) is 0 Å². The van der Waals surface area contributed by atoms with E-state index >= 15 is 0 Å². The highest BCUT2D eigenvalue weighted by Gasteiger charge is 2.35. The Labute approximate surface area is 164 Å². The van der Waals surface area contributed by atoms with Gasteiger partial charge in [0, 0.05) is 31.7 Å². The summed E-state index contributed by atoms with van der Waals surface area (Å²) in [5, 5.41) is 13.1. The minimum Gasteiger partial charge on any atom is -0.502 e. The monoisotopic (exact) mass is 405 g/mol. The van der Waals surface area contributed by atoms with Crippen LogP contribution in [0, 0.1) is 5.82 Å². The fraction of sp³-hybridized carbons (Fsp3) is 0.316. The molecule has 146 valence electrons. The van der Waals surface area contributed by atoms with Crippen LogP contribution in [0.4, 0.5) is 4.39 Å². The van der Waals surface area contributed by atoms with Crippen LogP contribution in [-0.2, 0) is 19.5 Å². The lowest BCUT2D eigenvalue weighted by Gasteiger charge is -2.30. The molecule has 2 aliphatic rings. The molecule has 0 bridgehead atoms. The highest BCUT2D eigenvalue weighted by atomic mass is 35.5. The number of carbonyl (C=O) groups is 2. The number of aromatic hydroxyl groups is 1. The highest BCUT2D eigenvalue weighted by Crippen LogP contribution is 2.29. The smallest absolute Gasteiger partial charge is 0.294 e. The molecule has 0 unspecified atom stereocenters. The maximum absolute atomic E-state index is 13.4. The molecule has 4 rings (SSSR count). The van der Waals surface area contributed by atoms with Crippen LogP contribution in [0.25, 0.3) is 0 Å². The van der Waals surface area contributed by atoms with Gasteiger partial charge in [-0.2, -0.15) is 0 Å². The average molecular weight is 406 g/mol. The summed E-state index contributed by atoms with van der Waals surface area (Å²) in [6.45, 7) is 1.14. The van der Waals surface area contributed by atoms with Crippen molar-refractivity contribution in [1.29, 1.82) is 0 Å². The lowest BCUT2D eigenvalue weighted by Crippen LogP contribution is -2.41. The summed E-state index contributed by atoms with van der Waals surface area (Å²) in [5.74, 6) is -2.16. The number of hydrogen-bond acceptors (Lipinski definition) is 4. The molecule has 3 heterocycles. The van der Waals surface area contributed by atoms with Gasteiger partial charge >= 0.3 is 0 Å². The predicted octanol–water partition coefficient (Wildman–Crippen LogP) is 1.68. The summed E-state index contributed by atoms with van der Waals surface area (Å²) in [7, 11) is 0. The minimum atomic E-state index is -0.745. The number of halogens is 2. The van der Waals surface area contributed by atoms with Gasteiger partial charge in [-0.3, -0.25) is 14.4 Å². The van der Waals surface area contributed by atoms with Gasteiger partial charge in [0.25, 0.3) is 17.4 Å². The standard InChI is InChI=1S/C19H17ClFN3O4/c20-12-8-10(2-3-13(12)21)9-23-7-4-11-14(18(23)27)16(25)19(28)24-6-1-5-22-17(26)15(11)24/h2-3,8,25H,1,4-7,9H2,(H,22,26). The number of benzene rings is 1. The Hall–Kier alpha value is -2.87. The fourth-order valence-corrected chi connectivity index (χ4v) is 3.95. The Bertz CT molecular complexity index is 1070. The van der Waals surface area contributed by atoms with Gasteiger partial charge < -0.3 is 19.9 Å². The molecule has 0 fully saturated rings. The molecule has 0 saturated heterocycles. The van der Waals surface area contributed by atoms with Crippen molar-refractivity contribution in [3.8, 4) is 5.75 Å². The second-order valence-corrected chi connectivity index (χ2v) is 7.25. The molecule has 1 aromatic heterocycles. The van der Waals surface area contributed by atoms with Crippen molar-refractivity contribution in [2.24, 2.45) is 0 Å². The van der Waals surface area contributed by atoms with E-state index in [0.29, 0.717) is 43.6 Å². The normalized spacial score (nSPS) is 16.3. The second-order valence-electron chi connectivity index (χ2n) is 6.84. The summed E-state index contributed by atoms with van der Waals surface area (Å²) >= 11 is 5.80. The molecule has 28 heavy (non-hydrogen) atoms. The van der Waals surface area contributed by atoms with Gasteiger partial charge in [-0.1, -0.05) is 17.7 Å². The Balaban J connectivity index is 1.76. The third-order valence-corrected chi connectivity index (χ3v) is 5.38. The van der Waals surface area contributed by atoms with E-state index in [1.165, 1.54) is 27.7 Å². The number of rotatable bonds is 2. The van der Waals surface area contributed by atoms with E-state index in [4.69, 9.17) is 11.6 Å². The molecule has 0 saturated carbocycles. The van der Waals surface area contributed by atoms with E-state index in [1.807, 2.05) is 0 Å². The van der Waals surface area contributed by atoms with E-state index < -0.39 is 28.9 Å². The predicted molar refractivity (Wildman–Crippen MR) is 99.2 cm³/mol. The number of pyridine rings is 1. The first-order chi connectivity index (χ1) is 13.4. The van der Waals surface area contributed by atoms with Crippen LogP contribution in [0.15, 0.2) is 23.0 Å². The molecule has 0 spiro atoms. The summed E-state index contributed by atoms with van der Waals surface area (Å²) in [6.07, 6.45) is 0.870. The van der Waals surface area contributed by atoms with E-state index in [9.17, 15) is 23.9 Å². The Kier molecular flexibility index (Phi) is 4.58. The molecule has 9 heteroatoms. The largest absolute Gasteiger partial charge is 0.502 e. The van der Waals surface area contributed by atoms with Crippen LogP contribution in [-0.4, -0.2) is 39.5 Å². The third kappa shape index (κ3) is 2.93. The maximum Gasteiger partial charge on any atom is 0.294 e. The quantitative estimate of drug-likeness (QED) is 0.795. The number of aromatic nitrogens is 1. The van der Waals surface area contributed by atoms with E-state index in [0.717, 1.165) is 0 Å². The van der Waals surface area contributed by atoms with Gasteiger partial charge in [0.2, 0.25) is 0 Å². The zero-order valence-electron chi connectivity index (χ0n) is 14.8. The number of fused-ring (bicyclic) bond motifs is 3. The van der Waals surface area contributed by atoms with Gasteiger partial charge in [0.05, 0.1) is 10.6 Å². The van der Waals surface area contributed by atoms with Crippen LogP contribution < -0.4 is 10.9 Å². The van der Waals surface area contributed by atoms with Gasteiger partial charge in [-0.15, -0.1) is 0 Å². The topological polar surface area (TPSA) is 91.6 Å². The molecule has 2 aliphatic heterocycles. The number of carbonyl (C=O) groups excluding carboxylic acids is 2. The maximum atomic E-state index is 13.4. The molecule has 0 atom stereocenters. The molecule has 1 aromatic carbocycles. The van der Waals surface area contributed by atoms with Gasteiger partial charge in [0.15, 0.2) is 5.75 Å². The van der Waals surface area contributed by atoms with Crippen molar-refractivity contribution >= 4 is 23.4 Å². The van der Waals surface area contributed by atoms with Crippen LogP contribution >= 0.6 is 11.6 Å². The van der Waals surface area contributed by atoms with Crippen molar-refractivity contribution in [3.63, 3.8) is 0 Å². The first-order valence-electron chi connectivity index (χ1n) is 8.88.